The van der Waals surface area contributed by atoms with Crippen molar-refractivity contribution in [2.24, 2.45) is 0 Å². The van der Waals surface area contributed by atoms with Gasteiger partial charge in [-0.05, 0) is 6.07 Å². The number of ether oxygens (including phenoxy) is 3. The fourth-order valence-corrected chi connectivity index (χ4v) is 2.74. The van der Waals surface area contributed by atoms with E-state index in [1.54, 1.807) is 17.0 Å². The highest BCUT2D eigenvalue weighted by Crippen LogP contribution is 2.41. The second-order valence-electron chi connectivity index (χ2n) is 5.01. The molecule has 0 spiro atoms. The number of rotatable bonds is 6. The molecule has 0 bridgehead atoms. The lowest BCUT2D eigenvalue weighted by Gasteiger charge is -2.35. The van der Waals surface area contributed by atoms with Crippen LogP contribution in [0.4, 0.5) is 8.78 Å². The highest BCUT2D eigenvalue weighted by Gasteiger charge is 2.33. The maximum absolute atomic E-state index is 13.7. The molecule has 0 unspecified atom stereocenters. The quantitative estimate of drug-likeness (QED) is 0.869. The lowest BCUT2D eigenvalue weighted by atomic mass is 10.0. The van der Waals surface area contributed by atoms with Crippen molar-refractivity contribution in [2.45, 2.75) is 12.5 Å². The van der Waals surface area contributed by atoms with Crippen LogP contribution in [0.1, 0.15) is 11.6 Å². The molecule has 1 atom stereocenters. The molecule has 1 fully saturated rings. The molecule has 1 saturated heterocycles. The molecule has 124 valence electrons. The largest absolute Gasteiger partial charge is 0.496 e. The molecular formula is C15H22F2N2O3. The number of hydrogen-bond acceptors (Lipinski definition) is 5. The Labute approximate surface area is 129 Å². The van der Waals surface area contributed by atoms with E-state index in [0.29, 0.717) is 49.0 Å². The van der Waals surface area contributed by atoms with Gasteiger partial charge in [0, 0.05) is 37.8 Å². The molecule has 0 saturated carbocycles. The van der Waals surface area contributed by atoms with Gasteiger partial charge in [-0.15, -0.1) is 0 Å². The van der Waals surface area contributed by atoms with Crippen molar-refractivity contribution < 1.29 is 23.0 Å². The Morgan fingerprint density at radius 1 is 0.955 bits per heavy atom. The molecule has 0 amide bonds. The highest BCUT2D eigenvalue weighted by molar-refractivity contribution is 5.52. The number of benzene rings is 1. The van der Waals surface area contributed by atoms with Crippen LogP contribution in [-0.2, 0) is 0 Å². The summed E-state index contributed by atoms with van der Waals surface area (Å²) in [5.41, 5.74) is 0.414. The van der Waals surface area contributed by atoms with Crippen molar-refractivity contribution in [3.05, 3.63) is 17.7 Å². The lowest BCUT2D eigenvalue weighted by Crippen LogP contribution is -2.47. The van der Waals surface area contributed by atoms with E-state index in [4.69, 9.17) is 14.2 Å². The van der Waals surface area contributed by atoms with Gasteiger partial charge in [-0.2, -0.15) is 0 Å². The molecule has 7 heteroatoms. The maximum Gasteiger partial charge on any atom is 0.258 e. The van der Waals surface area contributed by atoms with Gasteiger partial charge in [-0.1, -0.05) is 0 Å². The molecule has 1 aromatic rings. The third-order valence-corrected chi connectivity index (χ3v) is 3.84. The number of nitrogens with one attached hydrogen (secondary N) is 1. The summed E-state index contributed by atoms with van der Waals surface area (Å²) in [6.07, 6.45) is -2.52. The number of methoxy groups -OCH3 is 3. The molecule has 0 aromatic heterocycles. The predicted octanol–water partition coefficient (Wildman–Crippen LogP) is 1.92. The molecule has 5 nitrogen and oxygen atoms in total. The first-order chi connectivity index (χ1) is 10.6. The van der Waals surface area contributed by atoms with Crippen LogP contribution in [-0.4, -0.2) is 58.8 Å². The Kier molecular flexibility index (Phi) is 5.79. The molecule has 1 aromatic carbocycles. The van der Waals surface area contributed by atoms with E-state index in [2.05, 4.69) is 5.32 Å². The van der Waals surface area contributed by atoms with Crippen LogP contribution in [0, 0.1) is 0 Å². The summed E-state index contributed by atoms with van der Waals surface area (Å²) >= 11 is 0. The van der Waals surface area contributed by atoms with E-state index in [1.165, 1.54) is 21.3 Å². The van der Waals surface area contributed by atoms with E-state index in [9.17, 15) is 8.78 Å². The van der Waals surface area contributed by atoms with Crippen molar-refractivity contribution in [1.82, 2.24) is 10.2 Å². The van der Waals surface area contributed by atoms with Gasteiger partial charge in [-0.3, -0.25) is 4.90 Å². The number of nitrogens with zero attached hydrogens (tertiary/aromatic N) is 1. The van der Waals surface area contributed by atoms with Crippen molar-refractivity contribution >= 4 is 0 Å². The maximum atomic E-state index is 13.7. The standard InChI is InChI=1S/C15H22F2N2O3/c1-20-11-9-13(22-3)12(21-2)8-10(11)14(15(16)17)19-6-4-18-5-7-19/h8-9,14-15,18H,4-7H2,1-3H3/t14-/m0/s1. The first-order valence-corrected chi connectivity index (χ1v) is 7.15. The highest BCUT2D eigenvalue weighted by atomic mass is 19.3. The fraction of sp³-hybridized carbons (Fsp3) is 0.600. The Morgan fingerprint density at radius 3 is 2.00 bits per heavy atom. The summed E-state index contributed by atoms with van der Waals surface area (Å²) in [4.78, 5) is 1.77. The van der Waals surface area contributed by atoms with Crippen LogP contribution in [0.2, 0.25) is 0 Å². The van der Waals surface area contributed by atoms with Gasteiger partial charge in [0.05, 0.1) is 21.3 Å². The Hall–Kier alpha value is -1.60. The average Bonchev–Trinajstić information content (AvgIpc) is 2.55. The lowest BCUT2D eigenvalue weighted by molar-refractivity contribution is 0.0169. The monoisotopic (exact) mass is 316 g/mol. The van der Waals surface area contributed by atoms with Crippen LogP contribution < -0.4 is 19.5 Å². The molecule has 0 aliphatic carbocycles. The summed E-state index contributed by atoms with van der Waals surface area (Å²) in [5, 5.41) is 3.17. The smallest absolute Gasteiger partial charge is 0.258 e. The predicted molar refractivity (Wildman–Crippen MR) is 79.3 cm³/mol. The van der Waals surface area contributed by atoms with Gasteiger partial charge < -0.3 is 19.5 Å². The first-order valence-electron chi connectivity index (χ1n) is 7.15. The number of hydrogen-bond donors (Lipinski definition) is 1. The van der Waals surface area contributed by atoms with Crippen LogP contribution in [0.3, 0.4) is 0 Å². The normalized spacial score (nSPS) is 17.4. The van der Waals surface area contributed by atoms with Crippen molar-refractivity contribution in [2.75, 3.05) is 47.5 Å². The summed E-state index contributed by atoms with van der Waals surface area (Å²) in [5.74, 6) is 1.25. The molecule has 22 heavy (non-hydrogen) atoms. The van der Waals surface area contributed by atoms with Crippen molar-refractivity contribution in [1.29, 1.82) is 0 Å². The van der Waals surface area contributed by atoms with Crippen LogP contribution in [0.15, 0.2) is 12.1 Å². The number of halogens is 2. The van der Waals surface area contributed by atoms with E-state index < -0.39 is 12.5 Å². The van der Waals surface area contributed by atoms with Crippen molar-refractivity contribution in [3.63, 3.8) is 0 Å². The van der Waals surface area contributed by atoms with Crippen LogP contribution >= 0.6 is 0 Å². The molecule has 2 rings (SSSR count). The van der Waals surface area contributed by atoms with Gasteiger partial charge in [0.15, 0.2) is 11.5 Å². The zero-order chi connectivity index (χ0) is 16.1. The Morgan fingerprint density at radius 2 is 1.50 bits per heavy atom. The Bertz CT molecular complexity index is 494. The Balaban J connectivity index is 2.45. The van der Waals surface area contributed by atoms with Crippen LogP contribution in [0.25, 0.3) is 0 Å². The van der Waals surface area contributed by atoms with Gasteiger partial charge >= 0.3 is 0 Å². The van der Waals surface area contributed by atoms with E-state index in [0.717, 1.165) is 0 Å². The third kappa shape index (κ3) is 3.41. The van der Waals surface area contributed by atoms with E-state index in [-0.39, 0.29) is 0 Å². The molecule has 0 radical (unpaired) electrons. The van der Waals surface area contributed by atoms with E-state index in [1.807, 2.05) is 0 Å². The molecule has 1 aliphatic rings. The number of alkyl halides is 2. The third-order valence-electron chi connectivity index (χ3n) is 3.84. The second-order valence-corrected chi connectivity index (χ2v) is 5.01. The van der Waals surface area contributed by atoms with Crippen LogP contribution in [0.5, 0.6) is 17.2 Å². The van der Waals surface area contributed by atoms with E-state index >= 15 is 0 Å². The van der Waals surface area contributed by atoms with Gasteiger partial charge in [-0.25, -0.2) is 8.78 Å². The fourth-order valence-electron chi connectivity index (χ4n) is 2.74. The van der Waals surface area contributed by atoms with Gasteiger partial charge in [0.2, 0.25) is 0 Å². The van der Waals surface area contributed by atoms with Gasteiger partial charge in [0.25, 0.3) is 6.43 Å². The minimum absolute atomic E-state index is 0.376. The average molecular weight is 316 g/mol. The van der Waals surface area contributed by atoms with Gasteiger partial charge in [0.1, 0.15) is 11.8 Å². The van der Waals surface area contributed by atoms with Crippen molar-refractivity contribution in [3.8, 4) is 17.2 Å². The molecule has 1 aliphatic heterocycles. The first kappa shape index (κ1) is 16.8. The molecular weight excluding hydrogens is 294 g/mol. The second kappa shape index (κ2) is 7.60. The minimum Gasteiger partial charge on any atom is -0.496 e. The summed E-state index contributed by atoms with van der Waals surface area (Å²) in [6.45, 7) is 2.51. The SMILES string of the molecule is COc1cc(OC)c([C@@H](C(F)F)N2CCNCC2)cc1OC. The number of piperazine rings is 1. The summed E-state index contributed by atoms with van der Waals surface area (Å²) < 4.78 is 43.2. The minimum atomic E-state index is -2.52. The molecule has 1 heterocycles. The zero-order valence-electron chi connectivity index (χ0n) is 13.1. The topological polar surface area (TPSA) is 43.0 Å². The zero-order valence-corrected chi connectivity index (χ0v) is 13.1. The summed E-state index contributed by atoms with van der Waals surface area (Å²) in [7, 11) is 4.44. The molecule has 1 N–H and O–H groups in total. The summed E-state index contributed by atoms with van der Waals surface area (Å²) in [6, 6.07) is 2.14.